The van der Waals surface area contributed by atoms with Gasteiger partial charge in [-0.2, -0.15) is 5.26 Å². The van der Waals surface area contributed by atoms with E-state index in [0.717, 1.165) is 5.56 Å². The highest BCUT2D eigenvalue weighted by molar-refractivity contribution is 5.91. The second-order valence-corrected chi connectivity index (χ2v) is 2.92. The Morgan fingerprint density at radius 2 is 2.43 bits per heavy atom. The SMILES string of the molecule is CCC(=O)Nc1cc(C)cnc1C#N. The van der Waals surface area contributed by atoms with E-state index in [-0.39, 0.29) is 11.6 Å². The number of anilines is 1. The molecule has 1 amide bonds. The van der Waals surface area contributed by atoms with Gasteiger partial charge in [-0.3, -0.25) is 4.79 Å². The van der Waals surface area contributed by atoms with Crippen molar-refractivity contribution in [2.45, 2.75) is 20.3 Å². The van der Waals surface area contributed by atoms with E-state index in [1.807, 2.05) is 13.0 Å². The van der Waals surface area contributed by atoms with Crippen LogP contribution >= 0.6 is 0 Å². The summed E-state index contributed by atoms with van der Waals surface area (Å²) in [7, 11) is 0. The average Bonchev–Trinajstić information content (AvgIpc) is 2.18. The van der Waals surface area contributed by atoms with Gasteiger partial charge in [0.1, 0.15) is 6.07 Å². The molecule has 0 fully saturated rings. The molecule has 4 nitrogen and oxygen atoms in total. The number of hydrogen-bond donors (Lipinski definition) is 1. The molecule has 0 aromatic carbocycles. The Bertz CT molecular complexity index is 393. The molecule has 1 heterocycles. The standard InChI is InChI=1S/C10H11N3O/c1-3-10(14)13-8-4-7(2)6-12-9(8)5-11/h4,6H,3H2,1-2H3,(H,13,14). The first kappa shape index (κ1) is 10.2. The van der Waals surface area contributed by atoms with E-state index in [9.17, 15) is 4.79 Å². The highest BCUT2D eigenvalue weighted by Crippen LogP contribution is 2.13. The Labute approximate surface area is 82.6 Å². The lowest BCUT2D eigenvalue weighted by Gasteiger charge is -2.05. The van der Waals surface area contributed by atoms with Crippen molar-refractivity contribution in [3.63, 3.8) is 0 Å². The van der Waals surface area contributed by atoms with Crippen LogP contribution in [0.5, 0.6) is 0 Å². The number of nitrogens with one attached hydrogen (secondary N) is 1. The molecule has 0 atom stereocenters. The summed E-state index contributed by atoms with van der Waals surface area (Å²) < 4.78 is 0. The van der Waals surface area contributed by atoms with Gasteiger partial charge in [0.25, 0.3) is 0 Å². The Kier molecular flexibility index (Phi) is 3.19. The van der Waals surface area contributed by atoms with Gasteiger partial charge in [0, 0.05) is 12.6 Å². The van der Waals surface area contributed by atoms with Gasteiger partial charge in [-0.05, 0) is 18.6 Å². The number of pyridine rings is 1. The van der Waals surface area contributed by atoms with Crippen molar-refractivity contribution < 1.29 is 4.79 Å². The Balaban J connectivity index is 3.00. The van der Waals surface area contributed by atoms with Crippen LogP contribution in [0.3, 0.4) is 0 Å². The number of carbonyl (C=O) groups excluding carboxylic acids is 1. The number of amides is 1. The molecule has 0 bridgehead atoms. The minimum atomic E-state index is -0.117. The van der Waals surface area contributed by atoms with Crippen LogP contribution in [0.15, 0.2) is 12.3 Å². The first-order chi connectivity index (χ1) is 6.67. The van der Waals surface area contributed by atoms with Crippen molar-refractivity contribution in [1.29, 1.82) is 5.26 Å². The summed E-state index contributed by atoms with van der Waals surface area (Å²) in [5.41, 5.74) is 1.65. The van der Waals surface area contributed by atoms with Crippen LogP contribution in [0.25, 0.3) is 0 Å². The maximum absolute atomic E-state index is 11.1. The third kappa shape index (κ3) is 2.30. The number of rotatable bonds is 2. The van der Waals surface area contributed by atoms with Crippen molar-refractivity contribution in [2.24, 2.45) is 0 Å². The van der Waals surface area contributed by atoms with Crippen molar-refractivity contribution in [3.8, 4) is 6.07 Å². The van der Waals surface area contributed by atoms with Crippen LogP contribution in [-0.2, 0) is 4.79 Å². The zero-order valence-corrected chi connectivity index (χ0v) is 8.16. The molecule has 1 aromatic rings. The first-order valence-electron chi connectivity index (χ1n) is 4.34. The van der Waals surface area contributed by atoms with Crippen LogP contribution in [0.1, 0.15) is 24.6 Å². The van der Waals surface area contributed by atoms with E-state index >= 15 is 0 Å². The number of hydrogen-bond acceptors (Lipinski definition) is 3. The number of nitriles is 1. The number of aryl methyl sites for hydroxylation is 1. The van der Waals surface area contributed by atoms with Crippen LogP contribution in [0.4, 0.5) is 5.69 Å². The maximum atomic E-state index is 11.1. The highest BCUT2D eigenvalue weighted by atomic mass is 16.1. The zero-order chi connectivity index (χ0) is 10.6. The molecule has 1 N–H and O–H groups in total. The van der Waals surface area contributed by atoms with Crippen LogP contribution < -0.4 is 5.32 Å². The molecule has 0 aliphatic rings. The number of aromatic nitrogens is 1. The van der Waals surface area contributed by atoms with Crippen molar-refractivity contribution >= 4 is 11.6 Å². The van der Waals surface area contributed by atoms with Crippen molar-refractivity contribution in [2.75, 3.05) is 5.32 Å². The number of nitrogens with zero attached hydrogens (tertiary/aromatic N) is 2. The largest absolute Gasteiger partial charge is 0.324 e. The fraction of sp³-hybridized carbons (Fsp3) is 0.300. The van der Waals surface area contributed by atoms with Gasteiger partial charge in [0.2, 0.25) is 5.91 Å². The second-order valence-electron chi connectivity index (χ2n) is 2.92. The predicted molar refractivity (Wildman–Crippen MR) is 52.6 cm³/mol. The molecule has 4 heteroatoms. The van der Waals surface area contributed by atoms with Crippen molar-refractivity contribution in [1.82, 2.24) is 4.98 Å². The van der Waals surface area contributed by atoms with Crippen LogP contribution in [0, 0.1) is 18.3 Å². The third-order valence-corrected chi connectivity index (χ3v) is 1.73. The van der Waals surface area contributed by atoms with Gasteiger partial charge in [0.15, 0.2) is 5.69 Å². The lowest BCUT2D eigenvalue weighted by atomic mass is 10.2. The van der Waals surface area contributed by atoms with E-state index in [1.165, 1.54) is 0 Å². The molecule has 0 spiro atoms. The maximum Gasteiger partial charge on any atom is 0.224 e. The fourth-order valence-electron chi connectivity index (χ4n) is 0.992. The third-order valence-electron chi connectivity index (χ3n) is 1.73. The molecule has 0 radical (unpaired) electrons. The average molecular weight is 189 g/mol. The fourth-order valence-corrected chi connectivity index (χ4v) is 0.992. The monoisotopic (exact) mass is 189 g/mol. The zero-order valence-electron chi connectivity index (χ0n) is 8.16. The van der Waals surface area contributed by atoms with E-state index in [4.69, 9.17) is 5.26 Å². The van der Waals surface area contributed by atoms with E-state index in [1.54, 1.807) is 19.2 Å². The second kappa shape index (κ2) is 4.38. The molecule has 0 unspecified atom stereocenters. The van der Waals surface area contributed by atoms with Gasteiger partial charge >= 0.3 is 0 Å². The van der Waals surface area contributed by atoms with Crippen LogP contribution in [-0.4, -0.2) is 10.9 Å². The summed E-state index contributed by atoms with van der Waals surface area (Å²) in [6.45, 7) is 3.61. The molecule has 1 aromatic heterocycles. The topological polar surface area (TPSA) is 65.8 Å². The van der Waals surface area contributed by atoms with Crippen molar-refractivity contribution in [3.05, 3.63) is 23.5 Å². The van der Waals surface area contributed by atoms with E-state index < -0.39 is 0 Å². The predicted octanol–water partition coefficient (Wildman–Crippen LogP) is 1.61. The molecule has 1 rings (SSSR count). The lowest BCUT2D eigenvalue weighted by Crippen LogP contribution is -2.11. The quantitative estimate of drug-likeness (QED) is 0.768. The lowest BCUT2D eigenvalue weighted by molar-refractivity contribution is -0.115. The minimum absolute atomic E-state index is 0.117. The molecule has 14 heavy (non-hydrogen) atoms. The first-order valence-corrected chi connectivity index (χ1v) is 4.34. The summed E-state index contributed by atoms with van der Waals surface area (Å²) >= 11 is 0. The van der Waals surface area contributed by atoms with Gasteiger partial charge in [0.05, 0.1) is 5.69 Å². The Morgan fingerprint density at radius 1 is 1.71 bits per heavy atom. The molecule has 0 aliphatic heterocycles. The van der Waals surface area contributed by atoms with Gasteiger partial charge in [-0.25, -0.2) is 4.98 Å². The molecule has 0 saturated heterocycles. The van der Waals surface area contributed by atoms with E-state index in [0.29, 0.717) is 12.1 Å². The van der Waals surface area contributed by atoms with Gasteiger partial charge < -0.3 is 5.32 Å². The summed E-state index contributed by atoms with van der Waals surface area (Å²) in [6, 6.07) is 3.66. The summed E-state index contributed by atoms with van der Waals surface area (Å²) in [5, 5.41) is 11.4. The Morgan fingerprint density at radius 3 is 3.00 bits per heavy atom. The minimum Gasteiger partial charge on any atom is -0.324 e. The molecular weight excluding hydrogens is 178 g/mol. The van der Waals surface area contributed by atoms with E-state index in [2.05, 4.69) is 10.3 Å². The van der Waals surface area contributed by atoms with Gasteiger partial charge in [-0.1, -0.05) is 6.92 Å². The molecule has 0 aliphatic carbocycles. The summed E-state index contributed by atoms with van der Waals surface area (Å²) in [6.07, 6.45) is 1.99. The molecular formula is C10H11N3O. The van der Waals surface area contributed by atoms with Gasteiger partial charge in [-0.15, -0.1) is 0 Å². The summed E-state index contributed by atoms with van der Waals surface area (Å²) in [4.78, 5) is 15.0. The Hall–Kier alpha value is -1.89. The number of carbonyl (C=O) groups is 1. The summed E-state index contributed by atoms with van der Waals surface area (Å²) in [5.74, 6) is -0.117. The normalized spacial score (nSPS) is 9.21. The smallest absolute Gasteiger partial charge is 0.224 e. The molecule has 0 saturated carbocycles. The highest BCUT2D eigenvalue weighted by Gasteiger charge is 2.06. The molecule has 72 valence electrons. The van der Waals surface area contributed by atoms with Crippen LogP contribution in [0.2, 0.25) is 0 Å².